The molecule has 5 nitrogen and oxygen atoms in total. The van der Waals surface area contributed by atoms with Crippen LogP contribution in [0, 0.1) is 0 Å². The van der Waals surface area contributed by atoms with Crippen molar-refractivity contribution < 1.29 is 24.1 Å². The van der Waals surface area contributed by atoms with E-state index in [1.807, 2.05) is 13.8 Å². The Morgan fingerprint density at radius 1 is 0.432 bits per heavy atom. The van der Waals surface area contributed by atoms with E-state index < -0.39 is 0 Å². The van der Waals surface area contributed by atoms with E-state index in [-0.39, 0.29) is 18.7 Å². The number of hydrogen-bond donors (Lipinski definition) is 1. The summed E-state index contributed by atoms with van der Waals surface area (Å²) in [4.78, 5) is 0. The Labute approximate surface area is 274 Å². The van der Waals surface area contributed by atoms with E-state index in [2.05, 4.69) is 38.2 Å². The second kappa shape index (κ2) is 36.7. The zero-order chi connectivity index (χ0) is 32.2. The summed E-state index contributed by atoms with van der Waals surface area (Å²) in [6.45, 7) is 11.3. The maximum atomic E-state index is 10.3. The maximum absolute atomic E-state index is 10.3. The van der Waals surface area contributed by atoms with E-state index >= 15 is 0 Å². The molecule has 2 atom stereocenters. The van der Waals surface area contributed by atoms with Gasteiger partial charge in [0.2, 0.25) is 0 Å². The van der Waals surface area contributed by atoms with Gasteiger partial charge in [-0.1, -0.05) is 141 Å². The highest BCUT2D eigenvalue weighted by Crippen LogP contribution is 2.14. The lowest BCUT2D eigenvalue weighted by Gasteiger charge is -2.13. The largest absolute Gasteiger partial charge is 0.393 e. The molecule has 262 valence electrons. The number of hydrogen-bond acceptors (Lipinski definition) is 5. The lowest BCUT2D eigenvalue weighted by atomic mass is 10.0. The number of aliphatic hydroxyl groups is 1. The topological polar surface area (TPSA) is 57.2 Å². The van der Waals surface area contributed by atoms with Crippen molar-refractivity contribution in [2.75, 3.05) is 26.4 Å². The van der Waals surface area contributed by atoms with Crippen LogP contribution in [0.3, 0.4) is 0 Å². The molecular formula is C39H76O5. The highest BCUT2D eigenvalue weighted by Gasteiger charge is 2.05. The fraction of sp³-hybridized carbons (Fsp3) is 0.897. The quantitative estimate of drug-likeness (QED) is 0.0427. The monoisotopic (exact) mass is 625 g/mol. The van der Waals surface area contributed by atoms with Crippen molar-refractivity contribution in [2.24, 2.45) is 0 Å². The summed E-state index contributed by atoms with van der Waals surface area (Å²) < 4.78 is 23.0. The molecular weight excluding hydrogens is 548 g/mol. The Kier molecular flexibility index (Phi) is 36.1. The van der Waals surface area contributed by atoms with E-state index in [9.17, 15) is 5.11 Å². The molecule has 2 unspecified atom stereocenters. The fourth-order valence-corrected chi connectivity index (χ4v) is 5.25. The summed E-state index contributed by atoms with van der Waals surface area (Å²) in [7, 11) is 0. The van der Waals surface area contributed by atoms with Crippen molar-refractivity contribution in [1.82, 2.24) is 0 Å². The molecule has 0 heterocycles. The van der Waals surface area contributed by atoms with E-state index in [4.69, 9.17) is 18.9 Å². The summed E-state index contributed by atoms with van der Waals surface area (Å²) in [6, 6.07) is 0. The first kappa shape index (κ1) is 43.3. The molecule has 0 amide bonds. The Hall–Kier alpha value is -0.720. The minimum absolute atomic E-state index is 0.119. The van der Waals surface area contributed by atoms with Crippen LogP contribution in [0.1, 0.15) is 182 Å². The van der Waals surface area contributed by atoms with Gasteiger partial charge < -0.3 is 24.1 Å². The van der Waals surface area contributed by atoms with E-state index in [0.717, 1.165) is 64.6 Å². The molecule has 0 radical (unpaired) electrons. The van der Waals surface area contributed by atoms with Gasteiger partial charge in [0.1, 0.15) is 0 Å². The minimum Gasteiger partial charge on any atom is -0.393 e. The van der Waals surface area contributed by atoms with Gasteiger partial charge in [0, 0.05) is 13.2 Å². The fourth-order valence-electron chi connectivity index (χ4n) is 5.25. The third-order valence-electron chi connectivity index (χ3n) is 8.20. The van der Waals surface area contributed by atoms with Gasteiger partial charge in [0.25, 0.3) is 0 Å². The summed E-state index contributed by atoms with van der Waals surface area (Å²) in [5, 5.41) is 10.3. The van der Waals surface area contributed by atoms with Crippen LogP contribution in [0.5, 0.6) is 0 Å². The molecule has 0 fully saturated rings. The second-order valence-electron chi connectivity index (χ2n) is 12.7. The first-order valence-electron chi connectivity index (χ1n) is 19.0. The summed E-state index contributed by atoms with van der Waals surface area (Å²) in [5.74, 6) is 0. The van der Waals surface area contributed by atoms with E-state index in [0.29, 0.717) is 13.2 Å². The molecule has 0 aromatic rings. The molecule has 0 saturated carbocycles. The zero-order valence-corrected chi connectivity index (χ0v) is 29.9. The van der Waals surface area contributed by atoms with Gasteiger partial charge in [-0.25, -0.2) is 0 Å². The van der Waals surface area contributed by atoms with Crippen molar-refractivity contribution in [1.29, 1.82) is 0 Å². The zero-order valence-electron chi connectivity index (χ0n) is 29.9. The predicted molar refractivity (Wildman–Crippen MR) is 189 cm³/mol. The first-order valence-corrected chi connectivity index (χ1v) is 19.0. The van der Waals surface area contributed by atoms with Gasteiger partial charge in [-0.15, -0.1) is 0 Å². The third kappa shape index (κ3) is 35.8. The van der Waals surface area contributed by atoms with Gasteiger partial charge in [-0.2, -0.15) is 0 Å². The first-order chi connectivity index (χ1) is 21.6. The average Bonchev–Trinajstić information content (AvgIpc) is 3.02. The molecule has 0 aromatic carbocycles. The molecule has 44 heavy (non-hydrogen) atoms. The van der Waals surface area contributed by atoms with Crippen molar-refractivity contribution in [3.05, 3.63) is 24.3 Å². The number of unbranched alkanes of at least 4 members (excludes halogenated alkanes) is 18. The van der Waals surface area contributed by atoms with Gasteiger partial charge in [-0.3, -0.25) is 0 Å². The average molecular weight is 625 g/mol. The molecule has 0 spiro atoms. The molecule has 0 saturated heterocycles. The molecule has 0 aliphatic carbocycles. The molecule has 0 bridgehead atoms. The third-order valence-corrected chi connectivity index (χ3v) is 8.20. The number of aliphatic hydroxyl groups excluding tert-OH is 1. The predicted octanol–water partition coefficient (Wildman–Crippen LogP) is 11.6. The Morgan fingerprint density at radius 2 is 0.795 bits per heavy atom. The molecule has 1 N–H and O–H groups in total. The van der Waals surface area contributed by atoms with E-state index in [1.165, 1.54) is 103 Å². The van der Waals surface area contributed by atoms with Crippen LogP contribution in [0.2, 0.25) is 0 Å². The minimum atomic E-state index is -0.127. The van der Waals surface area contributed by atoms with Gasteiger partial charge in [-0.05, 0) is 65.2 Å². The lowest BCUT2D eigenvalue weighted by molar-refractivity contribution is -0.123. The molecule has 0 aliphatic heterocycles. The Bertz CT molecular complexity index is 543. The van der Waals surface area contributed by atoms with Gasteiger partial charge in [0.05, 0.1) is 19.3 Å². The SMILES string of the molecule is CCCCCCC=CCOC(C)OCCCCCCCCC(O)CCCCCCCCOC(C)OCC=CCCCCCC. The summed E-state index contributed by atoms with van der Waals surface area (Å²) in [5.41, 5.74) is 0. The molecule has 0 aliphatic rings. The van der Waals surface area contributed by atoms with Crippen molar-refractivity contribution in [3.63, 3.8) is 0 Å². The lowest BCUT2D eigenvalue weighted by Crippen LogP contribution is -2.13. The highest BCUT2D eigenvalue weighted by molar-refractivity contribution is 4.81. The Balaban J connectivity index is 3.34. The van der Waals surface area contributed by atoms with Crippen molar-refractivity contribution in [3.8, 4) is 0 Å². The van der Waals surface area contributed by atoms with Crippen LogP contribution in [-0.4, -0.2) is 50.2 Å². The van der Waals surface area contributed by atoms with Crippen LogP contribution in [0.25, 0.3) is 0 Å². The van der Waals surface area contributed by atoms with Crippen molar-refractivity contribution in [2.45, 2.75) is 200 Å². The highest BCUT2D eigenvalue weighted by atomic mass is 16.7. The van der Waals surface area contributed by atoms with Crippen LogP contribution in [0.4, 0.5) is 0 Å². The second-order valence-corrected chi connectivity index (χ2v) is 12.7. The number of allylic oxidation sites excluding steroid dienone is 2. The van der Waals surface area contributed by atoms with Gasteiger partial charge in [0.15, 0.2) is 12.6 Å². The molecule has 5 heteroatoms. The Morgan fingerprint density at radius 3 is 1.20 bits per heavy atom. The van der Waals surface area contributed by atoms with Crippen LogP contribution in [-0.2, 0) is 18.9 Å². The maximum Gasteiger partial charge on any atom is 0.155 e. The standard InChI is InChI=1S/C39H76O5/c1-5-7-9-11-15-21-27-33-41-37(3)43-35-29-23-17-13-19-25-31-39(40)32-26-20-14-18-24-30-36-44-38(4)42-34-28-22-16-12-10-8-6-2/h21-22,27-28,37-40H,5-20,23-26,29-36H2,1-4H3. The summed E-state index contributed by atoms with van der Waals surface area (Å²) >= 11 is 0. The van der Waals surface area contributed by atoms with Crippen molar-refractivity contribution >= 4 is 0 Å². The normalized spacial score (nSPS) is 14.2. The molecule has 0 rings (SSSR count). The van der Waals surface area contributed by atoms with E-state index in [1.54, 1.807) is 0 Å². The summed E-state index contributed by atoms with van der Waals surface area (Å²) in [6.07, 6.45) is 37.4. The number of ether oxygens (including phenoxy) is 4. The van der Waals surface area contributed by atoms with Crippen LogP contribution >= 0.6 is 0 Å². The van der Waals surface area contributed by atoms with Gasteiger partial charge >= 0.3 is 0 Å². The number of rotatable bonds is 36. The van der Waals surface area contributed by atoms with Crippen LogP contribution < -0.4 is 0 Å². The van der Waals surface area contributed by atoms with Crippen LogP contribution in [0.15, 0.2) is 24.3 Å². The molecule has 0 aromatic heterocycles. The smallest absolute Gasteiger partial charge is 0.155 e.